The first-order valence-corrected chi connectivity index (χ1v) is 5.00. The summed E-state index contributed by atoms with van der Waals surface area (Å²) in [6.45, 7) is 0.444. The number of rotatable bonds is 4. The summed E-state index contributed by atoms with van der Waals surface area (Å²) < 4.78 is 12.8. The van der Waals surface area contributed by atoms with E-state index in [1.54, 1.807) is 6.07 Å². The molecule has 70 valence electrons. The normalized spacial score (nSPS) is 9.69. The Morgan fingerprint density at radius 1 is 1.62 bits per heavy atom. The number of hydrogen-bond acceptors (Lipinski definition) is 2. The van der Waals surface area contributed by atoms with Crippen molar-refractivity contribution >= 4 is 18.2 Å². The van der Waals surface area contributed by atoms with Crippen LogP contribution in [0.5, 0.6) is 0 Å². The Labute approximate surface area is 80.5 Å². The standard InChI is InChI=1S/C9H10FNOS/c1-13-9-4-8(10)3-2-7(9)5-11-6-12/h2-4,6H,5H2,1H3,(H,11,12). The summed E-state index contributed by atoms with van der Waals surface area (Å²) in [7, 11) is 0. The number of carbonyl (C=O) groups is 1. The molecule has 0 saturated carbocycles. The fourth-order valence-corrected chi connectivity index (χ4v) is 1.65. The molecule has 1 amide bonds. The molecule has 0 aliphatic carbocycles. The predicted molar refractivity (Wildman–Crippen MR) is 51.1 cm³/mol. The molecule has 0 aliphatic rings. The van der Waals surface area contributed by atoms with Crippen molar-refractivity contribution in [1.29, 1.82) is 0 Å². The molecule has 0 fully saturated rings. The van der Waals surface area contributed by atoms with Crippen molar-refractivity contribution in [3.05, 3.63) is 29.6 Å². The Morgan fingerprint density at radius 3 is 3.00 bits per heavy atom. The van der Waals surface area contributed by atoms with E-state index in [0.717, 1.165) is 10.5 Å². The van der Waals surface area contributed by atoms with Gasteiger partial charge in [0, 0.05) is 11.4 Å². The van der Waals surface area contributed by atoms with Crippen molar-refractivity contribution in [2.75, 3.05) is 6.26 Å². The molecule has 0 radical (unpaired) electrons. The van der Waals surface area contributed by atoms with Gasteiger partial charge in [0.05, 0.1) is 0 Å². The summed E-state index contributed by atoms with van der Waals surface area (Å²) in [5.74, 6) is -0.251. The van der Waals surface area contributed by atoms with Crippen LogP contribution in [0.1, 0.15) is 5.56 Å². The summed E-state index contributed by atoms with van der Waals surface area (Å²) >= 11 is 1.46. The largest absolute Gasteiger partial charge is 0.355 e. The molecule has 0 saturated heterocycles. The Hall–Kier alpha value is -1.03. The molecule has 1 aromatic rings. The van der Waals surface area contributed by atoms with Gasteiger partial charge in [0.2, 0.25) is 6.41 Å². The average Bonchev–Trinajstić information content (AvgIpc) is 2.16. The Morgan fingerprint density at radius 2 is 2.38 bits per heavy atom. The molecule has 1 aromatic carbocycles. The van der Waals surface area contributed by atoms with E-state index in [2.05, 4.69) is 5.32 Å². The molecule has 0 bridgehead atoms. The molecule has 13 heavy (non-hydrogen) atoms. The minimum atomic E-state index is -0.251. The van der Waals surface area contributed by atoms with Crippen LogP contribution in [0.15, 0.2) is 23.1 Å². The SMILES string of the molecule is CSc1cc(F)ccc1CNC=O. The van der Waals surface area contributed by atoms with Crippen molar-refractivity contribution in [2.45, 2.75) is 11.4 Å². The van der Waals surface area contributed by atoms with Crippen LogP contribution in [-0.4, -0.2) is 12.7 Å². The fraction of sp³-hybridized carbons (Fsp3) is 0.222. The number of carbonyl (C=O) groups excluding carboxylic acids is 1. The number of benzene rings is 1. The zero-order valence-electron chi connectivity index (χ0n) is 7.21. The lowest BCUT2D eigenvalue weighted by atomic mass is 10.2. The van der Waals surface area contributed by atoms with Crippen LogP contribution in [0.2, 0.25) is 0 Å². The van der Waals surface area contributed by atoms with E-state index in [9.17, 15) is 9.18 Å². The van der Waals surface area contributed by atoms with Crippen LogP contribution in [-0.2, 0) is 11.3 Å². The van der Waals surface area contributed by atoms with E-state index in [1.165, 1.54) is 23.9 Å². The summed E-state index contributed by atoms with van der Waals surface area (Å²) in [4.78, 5) is 10.9. The average molecular weight is 199 g/mol. The van der Waals surface area contributed by atoms with Crippen LogP contribution >= 0.6 is 11.8 Å². The fourth-order valence-electron chi connectivity index (χ4n) is 1.02. The monoisotopic (exact) mass is 199 g/mol. The number of nitrogens with one attached hydrogen (secondary N) is 1. The second-order valence-corrected chi connectivity index (χ2v) is 3.30. The quantitative estimate of drug-likeness (QED) is 0.591. The van der Waals surface area contributed by atoms with Gasteiger partial charge >= 0.3 is 0 Å². The molecule has 1 N–H and O–H groups in total. The zero-order valence-corrected chi connectivity index (χ0v) is 8.03. The maximum atomic E-state index is 12.8. The van der Waals surface area contributed by atoms with E-state index >= 15 is 0 Å². The lowest BCUT2D eigenvalue weighted by Gasteiger charge is -2.05. The lowest BCUT2D eigenvalue weighted by molar-refractivity contribution is -0.109. The van der Waals surface area contributed by atoms with Gasteiger partial charge in [0.1, 0.15) is 5.82 Å². The lowest BCUT2D eigenvalue weighted by Crippen LogP contribution is -2.10. The smallest absolute Gasteiger partial charge is 0.207 e. The minimum Gasteiger partial charge on any atom is -0.355 e. The number of hydrogen-bond donors (Lipinski definition) is 1. The highest BCUT2D eigenvalue weighted by molar-refractivity contribution is 7.98. The highest BCUT2D eigenvalue weighted by Gasteiger charge is 2.01. The first-order chi connectivity index (χ1) is 6.27. The second-order valence-electron chi connectivity index (χ2n) is 2.45. The van der Waals surface area contributed by atoms with Crippen molar-refractivity contribution in [1.82, 2.24) is 5.32 Å². The minimum absolute atomic E-state index is 0.251. The van der Waals surface area contributed by atoms with Crippen molar-refractivity contribution in [3.63, 3.8) is 0 Å². The van der Waals surface area contributed by atoms with E-state index < -0.39 is 0 Å². The molecule has 0 atom stereocenters. The van der Waals surface area contributed by atoms with Gasteiger partial charge in [-0.15, -0.1) is 11.8 Å². The van der Waals surface area contributed by atoms with Gasteiger partial charge < -0.3 is 5.32 Å². The van der Waals surface area contributed by atoms with E-state index in [0.29, 0.717) is 13.0 Å². The predicted octanol–water partition coefficient (Wildman–Crippen LogP) is 1.79. The number of halogens is 1. The van der Waals surface area contributed by atoms with Gasteiger partial charge in [-0.1, -0.05) is 6.07 Å². The molecule has 0 aliphatic heterocycles. The van der Waals surface area contributed by atoms with Gasteiger partial charge in [-0.25, -0.2) is 4.39 Å². The summed E-state index contributed by atoms with van der Waals surface area (Å²) in [6.07, 6.45) is 2.51. The van der Waals surface area contributed by atoms with Crippen LogP contribution in [0.3, 0.4) is 0 Å². The van der Waals surface area contributed by atoms with E-state index in [1.807, 2.05) is 6.26 Å². The number of thioether (sulfide) groups is 1. The van der Waals surface area contributed by atoms with Crippen LogP contribution < -0.4 is 5.32 Å². The molecule has 0 heterocycles. The van der Waals surface area contributed by atoms with E-state index in [-0.39, 0.29) is 5.82 Å². The van der Waals surface area contributed by atoms with Crippen molar-refractivity contribution in [3.8, 4) is 0 Å². The van der Waals surface area contributed by atoms with E-state index in [4.69, 9.17) is 0 Å². The Bertz CT molecular complexity index is 304. The zero-order chi connectivity index (χ0) is 9.68. The van der Waals surface area contributed by atoms with Crippen LogP contribution in [0.4, 0.5) is 4.39 Å². The molecular formula is C9H10FNOS. The first kappa shape index (κ1) is 10.1. The summed E-state index contributed by atoms with van der Waals surface area (Å²) in [5, 5.41) is 2.54. The molecule has 0 spiro atoms. The molecule has 1 rings (SSSR count). The first-order valence-electron chi connectivity index (χ1n) is 3.77. The van der Waals surface area contributed by atoms with Crippen molar-refractivity contribution < 1.29 is 9.18 Å². The van der Waals surface area contributed by atoms with Gasteiger partial charge in [0.25, 0.3) is 0 Å². The topological polar surface area (TPSA) is 29.1 Å². The maximum absolute atomic E-state index is 12.8. The van der Waals surface area contributed by atoms with Crippen LogP contribution in [0.25, 0.3) is 0 Å². The molecule has 0 unspecified atom stereocenters. The van der Waals surface area contributed by atoms with Gasteiger partial charge in [-0.2, -0.15) is 0 Å². The highest BCUT2D eigenvalue weighted by Crippen LogP contribution is 2.21. The van der Waals surface area contributed by atoms with Crippen molar-refractivity contribution in [2.24, 2.45) is 0 Å². The summed E-state index contributed by atoms with van der Waals surface area (Å²) in [5.41, 5.74) is 0.931. The van der Waals surface area contributed by atoms with Gasteiger partial charge in [-0.3, -0.25) is 4.79 Å². The Balaban J connectivity index is 2.85. The maximum Gasteiger partial charge on any atom is 0.207 e. The Kier molecular flexibility index (Phi) is 3.76. The molecular weight excluding hydrogens is 189 g/mol. The molecule has 4 heteroatoms. The third-order valence-electron chi connectivity index (χ3n) is 1.62. The number of amides is 1. The second kappa shape index (κ2) is 4.87. The molecule has 0 aromatic heterocycles. The van der Waals surface area contributed by atoms with Gasteiger partial charge in [0.15, 0.2) is 0 Å². The summed E-state index contributed by atoms with van der Waals surface area (Å²) in [6, 6.07) is 4.53. The van der Waals surface area contributed by atoms with Crippen LogP contribution in [0, 0.1) is 5.82 Å². The highest BCUT2D eigenvalue weighted by atomic mass is 32.2. The molecule has 2 nitrogen and oxygen atoms in total. The third-order valence-corrected chi connectivity index (χ3v) is 2.44. The third kappa shape index (κ3) is 2.73. The van der Waals surface area contributed by atoms with Gasteiger partial charge in [-0.05, 0) is 24.0 Å².